The van der Waals surface area contributed by atoms with Crippen LogP contribution in [0.1, 0.15) is 69.5 Å². The van der Waals surface area contributed by atoms with E-state index in [9.17, 15) is 24.0 Å². The molecule has 3 N–H and O–H groups in total. The van der Waals surface area contributed by atoms with E-state index >= 15 is 0 Å². The lowest BCUT2D eigenvalue weighted by Crippen LogP contribution is -2.39. The van der Waals surface area contributed by atoms with Crippen LogP contribution in [0.4, 0.5) is 17.1 Å². The first-order valence-electron chi connectivity index (χ1n) is 14.9. The minimum absolute atomic E-state index is 0.0255. The molecule has 0 saturated carbocycles. The number of rotatable bonds is 8. The topological polar surface area (TPSA) is 193 Å². The van der Waals surface area contributed by atoms with Crippen molar-refractivity contribution in [2.45, 2.75) is 44.7 Å². The molecule has 14 nitrogen and oxygen atoms in total. The van der Waals surface area contributed by atoms with Crippen molar-refractivity contribution in [2.24, 2.45) is 4.99 Å². The molecule has 0 fully saturated rings. The molecule has 0 radical (unpaired) electrons. The van der Waals surface area contributed by atoms with Crippen molar-refractivity contribution in [1.29, 1.82) is 0 Å². The first-order valence-corrected chi connectivity index (χ1v) is 14.9. The second-order valence-electron chi connectivity index (χ2n) is 12.2. The average Bonchev–Trinajstić information content (AvgIpc) is 3.76. The Kier molecular flexibility index (Phi) is 6.99. The normalized spacial score (nSPS) is 16.1. The SMILES string of the molecule is C=Nc1c(N2CC(C)(C)c3ccc(CNC(=O)c4cc(C(=O)N[C@H]5CCc6cc(-c7noc(=O)[nH]7)ccc65)ncn4)cc32)c(=O)c1=O. The largest absolute Gasteiger partial charge is 0.439 e. The first-order chi connectivity index (χ1) is 22.5. The van der Waals surface area contributed by atoms with Gasteiger partial charge >= 0.3 is 5.76 Å². The molecule has 0 unspecified atom stereocenters. The van der Waals surface area contributed by atoms with E-state index in [4.69, 9.17) is 0 Å². The van der Waals surface area contributed by atoms with Crippen LogP contribution in [0, 0.1) is 0 Å². The quantitative estimate of drug-likeness (QED) is 0.169. The Hall–Kier alpha value is -6.05. The number of anilines is 2. The molecule has 0 saturated heterocycles. The fourth-order valence-electron chi connectivity index (χ4n) is 6.39. The van der Waals surface area contributed by atoms with E-state index in [0.717, 1.165) is 27.9 Å². The molecule has 2 aromatic heterocycles. The fraction of sp³-hybridized carbons (Fsp3) is 0.242. The van der Waals surface area contributed by atoms with Gasteiger partial charge < -0.3 is 15.5 Å². The minimum atomic E-state index is -0.645. The third kappa shape index (κ3) is 5.13. The van der Waals surface area contributed by atoms with Crippen LogP contribution in [-0.4, -0.2) is 45.2 Å². The van der Waals surface area contributed by atoms with Crippen LogP contribution in [0.3, 0.4) is 0 Å². The molecule has 47 heavy (non-hydrogen) atoms. The van der Waals surface area contributed by atoms with Crippen molar-refractivity contribution in [3.8, 4) is 11.4 Å². The number of aryl methyl sites for hydroxylation is 1. The van der Waals surface area contributed by atoms with Crippen LogP contribution in [0.15, 0.2) is 72.7 Å². The lowest BCUT2D eigenvalue weighted by Gasteiger charge is -2.24. The minimum Gasteiger partial charge on any atom is -0.347 e. The second-order valence-corrected chi connectivity index (χ2v) is 12.2. The van der Waals surface area contributed by atoms with E-state index in [-0.39, 0.29) is 40.8 Å². The molecule has 2 aliphatic rings. The molecule has 3 aromatic carbocycles. The predicted octanol–water partition coefficient (Wildman–Crippen LogP) is 2.52. The van der Waals surface area contributed by atoms with Crippen LogP contribution in [0.25, 0.3) is 11.4 Å². The molecule has 7 rings (SSSR count). The molecule has 1 aliphatic carbocycles. The molecule has 1 aliphatic heterocycles. The lowest BCUT2D eigenvalue weighted by atomic mass is 9.86. The summed E-state index contributed by atoms with van der Waals surface area (Å²) in [7, 11) is 0. The van der Waals surface area contributed by atoms with Gasteiger partial charge in [-0.1, -0.05) is 43.3 Å². The molecule has 5 aromatic rings. The van der Waals surface area contributed by atoms with Crippen molar-refractivity contribution in [1.82, 2.24) is 30.7 Å². The summed E-state index contributed by atoms with van der Waals surface area (Å²) < 4.78 is 4.59. The number of aliphatic imine (C=N–C) groups is 1. The van der Waals surface area contributed by atoms with Crippen LogP contribution in [-0.2, 0) is 18.4 Å². The van der Waals surface area contributed by atoms with Gasteiger partial charge in [-0.3, -0.25) is 33.7 Å². The number of fused-ring (bicyclic) bond motifs is 2. The van der Waals surface area contributed by atoms with E-state index in [0.29, 0.717) is 30.8 Å². The van der Waals surface area contributed by atoms with E-state index in [2.05, 4.69) is 60.8 Å². The van der Waals surface area contributed by atoms with E-state index < -0.39 is 28.4 Å². The van der Waals surface area contributed by atoms with Crippen LogP contribution in [0.5, 0.6) is 0 Å². The number of H-pyrrole nitrogens is 1. The maximum Gasteiger partial charge on any atom is 0.439 e. The van der Waals surface area contributed by atoms with Crippen LogP contribution in [0.2, 0.25) is 0 Å². The summed E-state index contributed by atoms with van der Waals surface area (Å²) >= 11 is 0. The van der Waals surface area contributed by atoms with Crippen molar-refractivity contribution in [3.05, 3.63) is 113 Å². The number of nitrogens with zero attached hydrogens (tertiary/aromatic N) is 5. The lowest BCUT2D eigenvalue weighted by molar-refractivity contribution is 0.0931. The summed E-state index contributed by atoms with van der Waals surface area (Å²) in [5, 5.41) is 9.55. The smallest absolute Gasteiger partial charge is 0.347 e. The van der Waals surface area contributed by atoms with Gasteiger partial charge in [0.15, 0.2) is 5.82 Å². The number of carbonyl (C=O) groups excluding carboxylic acids is 2. The summed E-state index contributed by atoms with van der Waals surface area (Å²) in [6.07, 6.45) is 2.55. The van der Waals surface area contributed by atoms with Gasteiger partial charge in [0, 0.05) is 35.8 Å². The molecular weight excluding hydrogens is 604 g/mol. The summed E-state index contributed by atoms with van der Waals surface area (Å²) in [6, 6.07) is 12.4. The molecule has 236 valence electrons. The highest BCUT2D eigenvalue weighted by atomic mass is 16.5. The third-order valence-electron chi connectivity index (χ3n) is 8.75. The van der Waals surface area contributed by atoms with Gasteiger partial charge in [0.05, 0.1) is 6.04 Å². The van der Waals surface area contributed by atoms with Gasteiger partial charge in [-0.2, -0.15) is 0 Å². The van der Waals surface area contributed by atoms with Gasteiger partial charge in [0.25, 0.3) is 22.7 Å². The average molecular weight is 633 g/mol. The maximum atomic E-state index is 13.2. The summed E-state index contributed by atoms with van der Waals surface area (Å²) in [5.41, 5.74) is 4.02. The van der Waals surface area contributed by atoms with Crippen molar-refractivity contribution < 1.29 is 14.1 Å². The standard InChI is InChI=1S/C33H28N8O6/c1-33(2)14-41(26-25(34-3)27(42)28(26)43)24-10-16(4-8-20(24)33)13-35-30(44)22-12-23(37-15-36-22)31(45)38-21-9-6-17-11-18(5-7-19(17)21)29-39-32(46)47-40-29/h4-5,7-8,10-12,15,21H,3,6,9,13-14H2,1-2H3,(H,35,44)(H,38,45)(H,39,40,46)/t21-/m0/s1. The zero-order valence-electron chi connectivity index (χ0n) is 25.4. The number of aromatic amines is 1. The summed E-state index contributed by atoms with van der Waals surface area (Å²) in [4.78, 5) is 78.2. The molecule has 3 heterocycles. The van der Waals surface area contributed by atoms with Crippen LogP contribution >= 0.6 is 0 Å². The van der Waals surface area contributed by atoms with Gasteiger partial charge in [-0.05, 0) is 53.9 Å². The monoisotopic (exact) mass is 632 g/mol. The number of hydrogen-bond donors (Lipinski definition) is 3. The number of carbonyl (C=O) groups is 2. The molecule has 0 bridgehead atoms. The first kappa shape index (κ1) is 29.6. The Morgan fingerprint density at radius 2 is 1.85 bits per heavy atom. The Bertz CT molecular complexity index is 2240. The highest BCUT2D eigenvalue weighted by molar-refractivity contribution is 5.97. The fourth-order valence-corrected chi connectivity index (χ4v) is 6.39. The zero-order chi connectivity index (χ0) is 33.0. The van der Waals surface area contributed by atoms with Gasteiger partial charge in [-0.15, -0.1) is 0 Å². The highest BCUT2D eigenvalue weighted by Crippen LogP contribution is 2.45. The van der Waals surface area contributed by atoms with Gasteiger partial charge in [0.1, 0.15) is 29.1 Å². The Balaban J connectivity index is 1.03. The maximum absolute atomic E-state index is 13.2. The van der Waals surface area contributed by atoms with Crippen LogP contribution < -0.4 is 32.1 Å². The van der Waals surface area contributed by atoms with Crippen molar-refractivity contribution in [2.75, 3.05) is 11.4 Å². The number of nitrogens with one attached hydrogen (secondary N) is 3. The Morgan fingerprint density at radius 1 is 1.06 bits per heavy atom. The Morgan fingerprint density at radius 3 is 2.60 bits per heavy atom. The van der Waals surface area contributed by atoms with Crippen molar-refractivity contribution in [3.63, 3.8) is 0 Å². The number of hydrogen-bond acceptors (Lipinski definition) is 11. The molecule has 2 amide bonds. The molecule has 14 heteroatoms. The van der Waals surface area contributed by atoms with Crippen molar-refractivity contribution >= 4 is 35.6 Å². The molecule has 0 spiro atoms. The third-order valence-corrected chi connectivity index (χ3v) is 8.75. The molecular formula is C33H28N8O6. The number of aromatic nitrogens is 4. The highest BCUT2D eigenvalue weighted by Gasteiger charge is 2.40. The van der Waals surface area contributed by atoms with Gasteiger partial charge in [0.2, 0.25) is 0 Å². The predicted molar refractivity (Wildman–Crippen MR) is 171 cm³/mol. The number of benzene rings is 2. The summed E-state index contributed by atoms with van der Waals surface area (Å²) in [5.74, 6) is -1.25. The second kappa shape index (κ2) is 11.1. The molecule has 1 atom stereocenters. The number of amides is 2. The summed E-state index contributed by atoms with van der Waals surface area (Å²) in [6.45, 7) is 8.17. The Labute approximate surface area is 266 Å². The van der Waals surface area contributed by atoms with E-state index in [1.54, 1.807) is 11.0 Å². The van der Waals surface area contributed by atoms with E-state index in [1.165, 1.54) is 12.4 Å². The van der Waals surface area contributed by atoms with E-state index in [1.807, 2.05) is 30.3 Å². The zero-order valence-corrected chi connectivity index (χ0v) is 25.4. The van der Waals surface area contributed by atoms with Gasteiger partial charge in [-0.25, -0.2) is 14.8 Å².